The van der Waals surface area contributed by atoms with Crippen LogP contribution in [-0.4, -0.2) is 39.8 Å². The van der Waals surface area contributed by atoms with Crippen LogP contribution in [0.1, 0.15) is 32.8 Å². The summed E-state index contributed by atoms with van der Waals surface area (Å²) in [7, 11) is 0. The smallest absolute Gasteiger partial charge is 0.324 e. The molecule has 1 aliphatic heterocycles. The van der Waals surface area contributed by atoms with Gasteiger partial charge in [-0.1, -0.05) is 19.9 Å². The van der Waals surface area contributed by atoms with Crippen molar-refractivity contribution in [3.63, 3.8) is 0 Å². The summed E-state index contributed by atoms with van der Waals surface area (Å²) in [5, 5.41) is 16.1. The summed E-state index contributed by atoms with van der Waals surface area (Å²) in [4.78, 5) is 48.2. The standard InChI is InChI=1S/C17H22N4O5/c1-10(2)8-17(4)15(23)20(16(24)19-17)9-14(22)18-12-6-5-7-13(11(12)3)21(25)26/h5-7,10H,8-9H2,1-4H3,(H,18,22)(H,19,24). The van der Waals surface area contributed by atoms with E-state index in [-0.39, 0.29) is 17.3 Å². The number of amides is 4. The average Bonchev–Trinajstić information content (AvgIpc) is 2.71. The molecule has 1 heterocycles. The molecule has 2 N–H and O–H groups in total. The van der Waals surface area contributed by atoms with Gasteiger partial charge in [0.1, 0.15) is 12.1 Å². The Balaban J connectivity index is 2.11. The van der Waals surface area contributed by atoms with Crippen LogP contribution in [0.2, 0.25) is 0 Å². The van der Waals surface area contributed by atoms with Crippen molar-refractivity contribution in [1.29, 1.82) is 0 Å². The molecule has 0 spiro atoms. The van der Waals surface area contributed by atoms with Gasteiger partial charge in [0.25, 0.3) is 11.6 Å². The monoisotopic (exact) mass is 362 g/mol. The van der Waals surface area contributed by atoms with E-state index in [1.165, 1.54) is 25.1 Å². The third kappa shape index (κ3) is 3.81. The Morgan fingerprint density at radius 3 is 2.62 bits per heavy atom. The molecule has 1 atom stereocenters. The second-order valence-corrected chi connectivity index (χ2v) is 7.01. The van der Waals surface area contributed by atoms with Gasteiger partial charge in [-0.05, 0) is 32.3 Å². The van der Waals surface area contributed by atoms with Gasteiger partial charge in [-0.2, -0.15) is 0 Å². The van der Waals surface area contributed by atoms with Crippen molar-refractivity contribution < 1.29 is 19.3 Å². The molecule has 26 heavy (non-hydrogen) atoms. The van der Waals surface area contributed by atoms with Crippen molar-refractivity contribution >= 4 is 29.2 Å². The first-order valence-corrected chi connectivity index (χ1v) is 8.23. The maximum absolute atomic E-state index is 12.5. The molecule has 1 saturated heterocycles. The SMILES string of the molecule is Cc1c(NC(=O)CN2C(=O)NC(C)(CC(C)C)C2=O)cccc1[N+](=O)[O-]. The highest BCUT2D eigenvalue weighted by Crippen LogP contribution is 2.26. The molecule has 0 bridgehead atoms. The Bertz CT molecular complexity index is 776. The second kappa shape index (κ2) is 7.11. The van der Waals surface area contributed by atoms with Crippen molar-refractivity contribution in [2.75, 3.05) is 11.9 Å². The van der Waals surface area contributed by atoms with E-state index in [1.807, 2.05) is 13.8 Å². The lowest BCUT2D eigenvalue weighted by atomic mass is 9.91. The average molecular weight is 362 g/mol. The van der Waals surface area contributed by atoms with Crippen LogP contribution in [0.3, 0.4) is 0 Å². The number of imide groups is 1. The Kier molecular flexibility index (Phi) is 5.29. The zero-order valence-electron chi connectivity index (χ0n) is 15.2. The molecule has 1 unspecified atom stereocenters. The van der Waals surface area contributed by atoms with E-state index < -0.39 is 34.9 Å². The number of anilines is 1. The van der Waals surface area contributed by atoms with E-state index in [9.17, 15) is 24.5 Å². The predicted molar refractivity (Wildman–Crippen MR) is 94.6 cm³/mol. The van der Waals surface area contributed by atoms with E-state index in [0.29, 0.717) is 12.0 Å². The number of hydrogen-bond donors (Lipinski definition) is 2. The van der Waals surface area contributed by atoms with Crippen molar-refractivity contribution in [2.24, 2.45) is 5.92 Å². The van der Waals surface area contributed by atoms with Gasteiger partial charge in [-0.25, -0.2) is 4.79 Å². The fraction of sp³-hybridized carbons (Fsp3) is 0.471. The molecule has 9 nitrogen and oxygen atoms in total. The molecule has 140 valence electrons. The first-order chi connectivity index (χ1) is 12.0. The molecule has 0 aromatic heterocycles. The molecule has 2 rings (SSSR count). The summed E-state index contributed by atoms with van der Waals surface area (Å²) in [6.45, 7) is 6.56. The van der Waals surface area contributed by atoms with Crippen LogP contribution >= 0.6 is 0 Å². The van der Waals surface area contributed by atoms with Crippen LogP contribution in [-0.2, 0) is 9.59 Å². The van der Waals surface area contributed by atoms with Gasteiger partial charge in [-0.3, -0.25) is 24.6 Å². The van der Waals surface area contributed by atoms with Crippen molar-refractivity contribution in [1.82, 2.24) is 10.2 Å². The highest BCUT2D eigenvalue weighted by Gasteiger charge is 2.48. The number of urea groups is 1. The van der Waals surface area contributed by atoms with Gasteiger partial charge >= 0.3 is 6.03 Å². The van der Waals surface area contributed by atoms with Gasteiger partial charge in [0.2, 0.25) is 5.91 Å². The van der Waals surface area contributed by atoms with Gasteiger partial charge in [0, 0.05) is 6.07 Å². The summed E-state index contributed by atoms with van der Waals surface area (Å²) < 4.78 is 0. The third-order valence-corrected chi connectivity index (χ3v) is 4.24. The summed E-state index contributed by atoms with van der Waals surface area (Å²) in [5.74, 6) is -0.876. The van der Waals surface area contributed by atoms with Crippen molar-refractivity contribution in [3.05, 3.63) is 33.9 Å². The molecule has 0 aliphatic carbocycles. The molecule has 1 aliphatic rings. The number of benzene rings is 1. The highest BCUT2D eigenvalue weighted by atomic mass is 16.6. The largest absolute Gasteiger partial charge is 0.325 e. The molecule has 1 aromatic rings. The van der Waals surface area contributed by atoms with Crippen LogP contribution < -0.4 is 10.6 Å². The van der Waals surface area contributed by atoms with Gasteiger partial charge < -0.3 is 10.6 Å². The molecule has 0 saturated carbocycles. The van der Waals surface area contributed by atoms with Crippen LogP contribution in [0, 0.1) is 23.0 Å². The predicted octanol–water partition coefficient (Wildman–Crippen LogP) is 2.20. The third-order valence-electron chi connectivity index (χ3n) is 4.24. The summed E-state index contributed by atoms with van der Waals surface area (Å²) >= 11 is 0. The number of nitrogens with one attached hydrogen (secondary N) is 2. The Morgan fingerprint density at radius 2 is 2.04 bits per heavy atom. The van der Waals surface area contributed by atoms with Crippen molar-refractivity contribution in [3.8, 4) is 0 Å². The van der Waals surface area contributed by atoms with E-state index in [4.69, 9.17) is 0 Å². The maximum atomic E-state index is 12.5. The zero-order valence-corrected chi connectivity index (χ0v) is 15.2. The number of carbonyl (C=O) groups excluding carboxylic acids is 3. The van der Waals surface area contributed by atoms with E-state index in [2.05, 4.69) is 10.6 Å². The van der Waals surface area contributed by atoms with E-state index in [1.54, 1.807) is 6.92 Å². The number of nitro benzene ring substituents is 1. The molecule has 4 amide bonds. The number of nitro groups is 1. The fourth-order valence-corrected chi connectivity index (χ4v) is 3.14. The number of rotatable bonds is 6. The van der Waals surface area contributed by atoms with E-state index in [0.717, 1.165) is 4.90 Å². The van der Waals surface area contributed by atoms with Crippen LogP contribution in [0.15, 0.2) is 18.2 Å². The normalized spacial score (nSPS) is 19.7. The minimum atomic E-state index is -1.03. The Labute approximate surface area is 150 Å². The molecule has 1 fully saturated rings. The number of hydrogen-bond acceptors (Lipinski definition) is 5. The number of carbonyl (C=O) groups is 3. The molecule has 0 radical (unpaired) electrons. The molecule has 1 aromatic carbocycles. The van der Waals surface area contributed by atoms with Crippen LogP contribution in [0.5, 0.6) is 0 Å². The Morgan fingerprint density at radius 1 is 1.38 bits per heavy atom. The lowest BCUT2D eigenvalue weighted by Crippen LogP contribution is -2.45. The second-order valence-electron chi connectivity index (χ2n) is 7.01. The van der Waals surface area contributed by atoms with Gasteiger partial charge in [-0.15, -0.1) is 0 Å². The maximum Gasteiger partial charge on any atom is 0.325 e. The molecule has 9 heteroatoms. The van der Waals surface area contributed by atoms with Crippen LogP contribution in [0.4, 0.5) is 16.2 Å². The quantitative estimate of drug-likeness (QED) is 0.456. The lowest BCUT2D eigenvalue weighted by Gasteiger charge is -2.23. The van der Waals surface area contributed by atoms with E-state index >= 15 is 0 Å². The number of nitrogens with zero attached hydrogens (tertiary/aromatic N) is 2. The fourth-order valence-electron chi connectivity index (χ4n) is 3.14. The first-order valence-electron chi connectivity index (χ1n) is 8.23. The highest BCUT2D eigenvalue weighted by molar-refractivity contribution is 6.10. The Hall–Kier alpha value is -2.97. The summed E-state index contributed by atoms with van der Waals surface area (Å²) in [6, 6.07) is 3.69. The first kappa shape index (κ1) is 19.4. The van der Waals surface area contributed by atoms with Gasteiger partial charge in [0.05, 0.1) is 16.2 Å². The molecular weight excluding hydrogens is 340 g/mol. The minimum absolute atomic E-state index is 0.123. The van der Waals surface area contributed by atoms with Gasteiger partial charge in [0.15, 0.2) is 0 Å². The summed E-state index contributed by atoms with van der Waals surface area (Å²) in [5.41, 5.74) is -0.594. The topological polar surface area (TPSA) is 122 Å². The zero-order chi connectivity index (χ0) is 19.6. The minimum Gasteiger partial charge on any atom is -0.324 e. The lowest BCUT2D eigenvalue weighted by molar-refractivity contribution is -0.385. The summed E-state index contributed by atoms with van der Waals surface area (Å²) in [6.07, 6.45) is 0.458. The van der Waals surface area contributed by atoms with Crippen molar-refractivity contribution in [2.45, 2.75) is 39.7 Å². The van der Waals surface area contributed by atoms with Crippen LogP contribution in [0.25, 0.3) is 0 Å². The molecular formula is C17H22N4O5.